The number of thiazole rings is 1. The molecule has 1 fully saturated rings. The van der Waals surface area contributed by atoms with E-state index in [-0.39, 0.29) is 35.9 Å². The quantitative estimate of drug-likeness (QED) is 0.214. The van der Waals surface area contributed by atoms with E-state index in [1.165, 1.54) is 11.3 Å². The molecule has 1 aliphatic heterocycles. The van der Waals surface area contributed by atoms with Crippen molar-refractivity contribution in [2.24, 2.45) is 5.92 Å². The number of aromatic nitrogens is 4. The molecule has 222 valence electrons. The Balaban J connectivity index is 1.50. The molecule has 14 heteroatoms. The molecule has 0 bridgehead atoms. The van der Waals surface area contributed by atoms with Crippen LogP contribution in [0.1, 0.15) is 45.6 Å². The van der Waals surface area contributed by atoms with E-state index in [9.17, 15) is 9.59 Å². The summed E-state index contributed by atoms with van der Waals surface area (Å²) in [5.74, 6) is 0.0533. The van der Waals surface area contributed by atoms with Gasteiger partial charge in [-0.3, -0.25) is 4.79 Å². The van der Waals surface area contributed by atoms with Crippen LogP contribution in [0.25, 0.3) is 11.4 Å². The standard InChI is InChI=1S/C27H35Cl2N7O4S/c1-6-40-26(38)25-23(17-12-32-20(13-31-17)30-8-10-35(3)4)34-27(41-25)36-9-7-16(19(14-36)39-5)11-18(37)24-22(29)21(28)15(2)33-24/h12-13,16,19,33H,6-11,14H2,1-5H3,(H,30,32)/t16-,19-/m0/s1. The fourth-order valence-corrected chi connectivity index (χ4v) is 6.08. The second-order valence-corrected chi connectivity index (χ2v) is 11.8. The third-order valence-electron chi connectivity index (χ3n) is 6.89. The minimum absolute atomic E-state index is 0.0236. The summed E-state index contributed by atoms with van der Waals surface area (Å²) in [5.41, 5.74) is 1.90. The molecule has 0 saturated carbocycles. The van der Waals surface area contributed by atoms with Gasteiger partial charge in [0.1, 0.15) is 27.8 Å². The Labute approximate surface area is 253 Å². The summed E-state index contributed by atoms with van der Waals surface area (Å²) in [4.78, 5) is 47.2. The maximum atomic E-state index is 13.0. The van der Waals surface area contributed by atoms with E-state index in [4.69, 9.17) is 37.7 Å². The molecule has 0 aliphatic carbocycles. The topological polar surface area (TPSA) is 126 Å². The zero-order chi connectivity index (χ0) is 29.7. The fraction of sp³-hybridized carbons (Fsp3) is 0.519. The van der Waals surface area contributed by atoms with E-state index in [1.54, 1.807) is 33.4 Å². The first-order valence-corrected chi connectivity index (χ1v) is 14.9. The lowest BCUT2D eigenvalue weighted by atomic mass is 9.88. The maximum Gasteiger partial charge on any atom is 0.350 e. The van der Waals surface area contributed by atoms with Gasteiger partial charge in [-0.2, -0.15) is 0 Å². The first-order valence-electron chi connectivity index (χ1n) is 13.4. The van der Waals surface area contributed by atoms with Crippen LogP contribution < -0.4 is 10.2 Å². The number of hydrogen-bond donors (Lipinski definition) is 2. The number of esters is 1. The van der Waals surface area contributed by atoms with Crippen LogP contribution in [0.15, 0.2) is 12.4 Å². The SMILES string of the molecule is CCOC(=O)c1sc(N2CC[C@@H](CC(=O)c3[nH]c(C)c(Cl)c3Cl)[C@@H](OC)C2)nc1-c1cnc(NCCN(C)C)cn1. The summed E-state index contributed by atoms with van der Waals surface area (Å²) in [6.45, 7) is 6.49. The van der Waals surface area contributed by atoms with Gasteiger partial charge in [0.05, 0.1) is 35.1 Å². The summed E-state index contributed by atoms with van der Waals surface area (Å²) in [7, 11) is 5.64. The number of carbonyl (C=O) groups excluding carboxylic acids is 2. The number of likely N-dealkylation sites (N-methyl/N-ethyl adjacent to an activating group) is 1. The van der Waals surface area contributed by atoms with Gasteiger partial charge < -0.3 is 29.6 Å². The minimum Gasteiger partial charge on any atom is -0.462 e. The molecule has 2 N–H and O–H groups in total. The van der Waals surface area contributed by atoms with Crippen molar-refractivity contribution < 1.29 is 19.1 Å². The second kappa shape index (κ2) is 13.9. The number of piperidine rings is 1. The molecule has 41 heavy (non-hydrogen) atoms. The molecule has 0 spiro atoms. The number of ketones is 1. The van der Waals surface area contributed by atoms with Crippen molar-refractivity contribution in [3.63, 3.8) is 0 Å². The number of anilines is 2. The molecule has 0 aromatic carbocycles. The van der Waals surface area contributed by atoms with Crippen molar-refractivity contribution in [3.05, 3.63) is 38.7 Å². The maximum absolute atomic E-state index is 13.0. The van der Waals surface area contributed by atoms with E-state index in [0.717, 1.165) is 13.1 Å². The fourth-order valence-electron chi connectivity index (χ4n) is 4.65. The van der Waals surface area contributed by atoms with Gasteiger partial charge in [-0.1, -0.05) is 34.5 Å². The van der Waals surface area contributed by atoms with E-state index < -0.39 is 5.97 Å². The molecule has 4 heterocycles. The molecule has 1 saturated heterocycles. The third kappa shape index (κ3) is 7.36. The van der Waals surface area contributed by atoms with Gasteiger partial charge >= 0.3 is 5.97 Å². The predicted molar refractivity (Wildman–Crippen MR) is 162 cm³/mol. The number of aryl methyl sites for hydroxylation is 1. The Morgan fingerprint density at radius 2 is 2.02 bits per heavy atom. The van der Waals surface area contributed by atoms with E-state index in [0.29, 0.717) is 63.1 Å². The monoisotopic (exact) mass is 623 g/mol. The smallest absolute Gasteiger partial charge is 0.350 e. The number of H-pyrrole nitrogens is 1. The zero-order valence-corrected chi connectivity index (χ0v) is 26.1. The molecule has 1 aliphatic rings. The summed E-state index contributed by atoms with van der Waals surface area (Å²) >= 11 is 13.7. The highest BCUT2D eigenvalue weighted by molar-refractivity contribution is 7.17. The van der Waals surface area contributed by atoms with E-state index >= 15 is 0 Å². The largest absolute Gasteiger partial charge is 0.462 e. The van der Waals surface area contributed by atoms with Crippen LogP contribution in [0.5, 0.6) is 0 Å². The van der Waals surface area contributed by atoms with Crippen molar-refractivity contribution >= 4 is 57.2 Å². The average molecular weight is 625 g/mol. The van der Waals surface area contributed by atoms with Gasteiger partial charge in [0.15, 0.2) is 10.9 Å². The van der Waals surface area contributed by atoms with Crippen LogP contribution in [-0.2, 0) is 9.47 Å². The van der Waals surface area contributed by atoms with Crippen LogP contribution in [0, 0.1) is 12.8 Å². The Kier molecular flexibility index (Phi) is 10.6. The lowest BCUT2D eigenvalue weighted by Gasteiger charge is -2.37. The molecule has 4 rings (SSSR count). The Morgan fingerprint density at radius 3 is 2.63 bits per heavy atom. The molecular weight excluding hydrogens is 589 g/mol. The molecule has 0 radical (unpaired) electrons. The van der Waals surface area contributed by atoms with Crippen LogP contribution >= 0.6 is 34.5 Å². The highest BCUT2D eigenvalue weighted by atomic mass is 35.5. The van der Waals surface area contributed by atoms with Gasteiger partial charge in [0, 0.05) is 45.4 Å². The van der Waals surface area contributed by atoms with Crippen LogP contribution in [0.3, 0.4) is 0 Å². The van der Waals surface area contributed by atoms with Crippen molar-refractivity contribution in [1.29, 1.82) is 0 Å². The van der Waals surface area contributed by atoms with Gasteiger partial charge in [-0.25, -0.2) is 19.7 Å². The molecule has 3 aromatic heterocycles. The molecule has 2 atom stereocenters. The van der Waals surface area contributed by atoms with Gasteiger partial charge in [-0.15, -0.1) is 0 Å². The predicted octanol–water partition coefficient (Wildman–Crippen LogP) is 4.81. The Bertz CT molecular complexity index is 1360. The number of ether oxygens (including phenoxy) is 2. The van der Waals surface area contributed by atoms with Crippen LogP contribution in [0.2, 0.25) is 10.0 Å². The number of halogens is 2. The number of aromatic amines is 1. The average Bonchev–Trinajstić information content (AvgIpc) is 3.51. The van der Waals surface area contributed by atoms with E-state index in [1.807, 2.05) is 14.1 Å². The number of carbonyl (C=O) groups is 2. The van der Waals surface area contributed by atoms with E-state index in [2.05, 4.69) is 30.1 Å². The van der Waals surface area contributed by atoms with Crippen LogP contribution in [0.4, 0.5) is 10.9 Å². The molecule has 0 unspecified atom stereocenters. The summed E-state index contributed by atoms with van der Waals surface area (Å²) < 4.78 is 11.1. The first-order chi connectivity index (χ1) is 19.6. The molecule has 0 amide bonds. The van der Waals surface area contributed by atoms with Gasteiger partial charge in [0.25, 0.3) is 0 Å². The summed E-state index contributed by atoms with van der Waals surface area (Å²) in [6.07, 6.45) is 3.96. The first kappa shape index (κ1) is 31.2. The normalized spacial score (nSPS) is 17.2. The Morgan fingerprint density at radius 1 is 1.24 bits per heavy atom. The number of nitrogens with one attached hydrogen (secondary N) is 2. The van der Waals surface area contributed by atoms with Gasteiger partial charge in [-0.05, 0) is 40.3 Å². The molecule has 3 aromatic rings. The summed E-state index contributed by atoms with van der Waals surface area (Å²) in [5, 5.41) is 4.50. The van der Waals surface area contributed by atoms with Crippen molar-refractivity contribution in [1.82, 2.24) is 24.8 Å². The van der Waals surface area contributed by atoms with Crippen molar-refractivity contribution in [2.75, 3.05) is 64.2 Å². The Hall–Kier alpha value is -2.77. The number of Topliss-reactive ketones (excluding diaryl/α,β-unsaturated/α-hetero) is 1. The number of methoxy groups -OCH3 is 1. The highest BCUT2D eigenvalue weighted by Gasteiger charge is 2.34. The number of hydrogen-bond acceptors (Lipinski definition) is 11. The van der Waals surface area contributed by atoms with Crippen molar-refractivity contribution in [3.8, 4) is 11.4 Å². The highest BCUT2D eigenvalue weighted by Crippen LogP contribution is 2.37. The molecular formula is C27H35Cl2N7O4S. The van der Waals surface area contributed by atoms with Crippen LogP contribution in [-0.4, -0.2) is 96.7 Å². The zero-order valence-electron chi connectivity index (χ0n) is 23.8. The van der Waals surface area contributed by atoms with Gasteiger partial charge in [0.2, 0.25) is 0 Å². The third-order valence-corrected chi connectivity index (χ3v) is 8.93. The van der Waals surface area contributed by atoms with Crippen molar-refractivity contribution in [2.45, 2.75) is 32.8 Å². The molecule has 11 nitrogen and oxygen atoms in total. The lowest BCUT2D eigenvalue weighted by Crippen LogP contribution is -2.45. The minimum atomic E-state index is -0.457. The summed E-state index contributed by atoms with van der Waals surface area (Å²) in [6, 6.07) is 0. The second-order valence-electron chi connectivity index (χ2n) is 10.1. The number of rotatable bonds is 12. The lowest BCUT2D eigenvalue weighted by molar-refractivity contribution is 0.0375. The number of nitrogens with zero attached hydrogens (tertiary/aromatic N) is 5.